The standard InChI is InChI=1S/C18H18ClN3OS/c1-12-3-8-16(22(12)2)18-21-15(11-24-18)17(23)20-10-9-13-4-6-14(19)7-5-13/h3-8,11H,9-10H2,1-2H3,(H,20,23). The Morgan fingerprint density at radius 2 is 2.00 bits per heavy atom. The maximum atomic E-state index is 12.2. The van der Waals surface area contributed by atoms with Crippen LogP contribution in [0.4, 0.5) is 0 Å². The summed E-state index contributed by atoms with van der Waals surface area (Å²) in [5.74, 6) is -0.141. The van der Waals surface area contributed by atoms with E-state index in [9.17, 15) is 4.79 Å². The van der Waals surface area contributed by atoms with Crippen molar-refractivity contribution >= 4 is 28.8 Å². The highest BCUT2D eigenvalue weighted by Crippen LogP contribution is 2.25. The fraction of sp³-hybridized carbons (Fsp3) is 0.222. The van der Waals surface area contributed by atoms with Crippen molar-refractivity contribution in [1.29, 1.82) is 0 Å². The number of rotatable bonds is 5. The van der Waals surface area contributed by atoms with Gasteiger partial charge in [0.1, 0.15) is 10.7 Å². The van der Waals surface area contributed by atoms with Gasteiger partial charge in [0.2, 0.25) is 0 Å². The molecule has 0 atom stereocenters. The highest BCUT2D eigenvalue weighted by Gasteiger charge is 2.13. The Morgan fingerprint density at radius 3 is 2.67 bits per heavy atom. The van der Waals surface area contributed by atoms with Gasteiger partial charge in [-0.15, -0.1) is 11.3 Å². The summed E-state index contributed by atoms with van der Waals surface area (Å²) in [5.41, 5.74) is 3.79. The molecule has 2 heterocycles. The Balaban J connectivity index is 1.60. The predicted molar refractivity (Wildman–Crippen MR) is 98.7 cm³/mol. The molecule has 1 amide bonds. The van der Waals surface area contributed by atoms with E-state index in [1.165, 1.54) is 11.3 Å². The van der Waals surface area contributed by atoms with Gasteiger partial charge in [-0.3, -0.25) is 4.79 Å². The first-order valence-electron chi connectivity index (χ1n) is 7.65. The number of nitrogens with one attached hydrogen (secondary N) is 1. The fourth-order valence-corrected chi connectivity index (χ4v) is 3.37. The SMILES string of the molecule is Cc1ccc(-c2nc(C(=O)NCCc3ccc(Cl)cc3)cs2)n1C. The van der Waals surface area contributed by atoms with Gasteiger partial charge in [0.25, 0.3) is 5.91 Å². The minimum absolute atomic E-state index is 0.141. The van der Waals surface area contributed by atoms with Crippen LogP contribution in [-0.4, -0.2) is 22.0 Å². The molecule has 4 nitrogen and oxygen atoms in total. The number of hydrogen-bond donors (Lipinski definition) is 1. The Bertz CT molecular complexity index is 852. The monoisotopic (exact) mass is 359 g/mol. The molecule has 0 aliphatic carbocycles. The van der Waals surface area contributed by atoms with Gasteiger partial charge in [-0.05, 0) is 43.2 Å². The van der Waals surface area contributed by atoms with Gasteiger partial charge >= 0.3 is 0 Å². The molecular weight excluding hydrogens is 342 g/mol. The average Bonchev–Trinajstić information content (AvgIpc) is 3.17. The molecule has 0 aliphatic heterocycles. The number of aryl methyl sites for hydroxylation is 1. The van der Waals surface area contributed by atoms with Gasteiger partial charge in [-0.1, -0.05) is 23.7 Å². The Morgan fingerprint density at radius 1 is 1.25 bits per heavy atom. The molecule has 0 bridgehead atoms. The molecule has 1 N–H and O–H groups in total. The van der Waals surface area contributed by atoms with Crippen molar-refractivity contribution < 1.29 is 4.79 Å². The number of aromatic nitrogens is 2. The summed E-state index contributed by atoms with van der Waals surface area (Å²) in [6, 6.07) is 11.7. The van der Waals surface area contributed by atoms with E-state index in [2.05, 4.69) is 14.9 Å². The van der Waals surface area contributed by atoms with Crippen molar-refractivity contribution in [3.05, 3.63) is 63.8 Å². The minimum atomic E-state index is -0.141. The van der Waals surface area contributed by atoms with Gasteiger partial charge in [0.05, 0.1) is 5.69 Å². The molecule has 0 saturated heterocycles. The van der Waals surface area contributed by atoms with Crippen molar-refractivity contribution in [2.75, 3.05) is 6.54 Å². The topological polar surface area (TPSA) is 46.9 Å². The molecule has 0 radical (unpaired) electrons. The van der Waals surface area contributed by atoms with E-state index in [1.54, 1.807) is 5.38 Å². The Hall–Kier alpha value is -2.11. The molecule has 1 aromatic carbocycles. The van der Waals surface area contributed by atoms with E-state index >= 15 is 0 Å². The number of carbonyl (C=O) groups excluding carboxylic acids is 1. The number of hydrogen-bond acceptors (Lipinski definition) is 3. The molecular formula is C18H18ClN3OS. The quantitative estimate of drug-likeness (QED) is 0.746. The molecule has 6 heteroatoms. The Labute approximate surface area is 150 Å². The first kappa shape index (κ1) is 16.7. The summed E-state index contributed by atoms with van der Waals surface area (Å²) in [4.78, 5) is 16.7. The summed E-state index contributed by atoms with van der Waals surface area (Å²) in [6.07, 6.45) is 0.761. The first-order valence-corrected chi connectivity index (χ1v) is 8.91. The van der Waals surface area contributed by atoms with E-state index in [-0.39, 0.29) is 5.91 Å². The number of benzene rings is 1. The smallest absolute Gasteiger partial charge is 0.270 e. The molecule has 0 spiro atoms. The normalized spacial score (nSPS) is 10.8. The van der Waals surface area contributed by atoms with Crippen molar-refractivity contribution in [3.8, 4) is 10.7 Å². The average molecular weight is 360 g/mol. The molecule has 3 aromatic rings. The Kier molecular flexibility index (Phi) is 5.02. The molecule has 0 unspecified atom stereocenters. The summed E-state index contributed by atoms with van der Waals surface area (Å²) in [6.45, 7) is 2.61. The third-order valence-electron chi connectivity index (χ3n) is 3.94. The zero-order valence-electron chi connectivity index (χ0n) is 13.5. The third-order valence-corrected chi connectivity index (χ3v) is 5.06. The second-order valence-electron chi connectivity index (χ2n) is 5.59. The van der Waals surface area contributed by atoms with Crippen molar-refractivity contribution in [2.24, 2.45) is 7.05 Å². The number of thiazole rings is 1. The number of halogens is 1. The minimum Gasteiger partial charge on any atom is -0.350 e. The van der Waals surface area contributed by atoms with Gasteiger partial charge in [0, 0.05) is 29.7 Å². The highest BCUT2D eigenvalue weighted by atomic mass is 35.5. The summed E-state index contributed by atoms with van der Waals surface area (Å²) >= 11 is 7.35. The molecule has 2 aromatic heterocycles. The van der Waals surface area contributed by atoms with Crippen LogP contribution >= 0.6 is 22.9 Å². The first-order chi connectivity index (χ1) is 11.5. The van der Waals surface area contributed by atoms with E-state index in [1.807, 2.05) is 50.4 Å². The molecule has 0 fully saturated rings. The van der Waals surface area contributed by atoms with Crippen LogP contribution in [0.3, 0.4) is 0 Å². The lowest BCUT2D eigenvalue weighted by Gasteiger charge is -2.04. The lowest BCUT2D eigenvalue weighted by atomic mass is 10.1. The maximum absolute atomic E-state index is 12.2. The molecule has 24 heavy (non-hydrogen) atoms. The van der Waals surface area contributed by atoms with E-state index in [0.29, 0.717) is 17.3 Å². The lowest BCUT2D eigenvalue weighted by Crippen LogP contribution is -2.25. The zero-order chi connectivity index (χ0) is 17.1. The largest absolute Gasteiger partial charge is 0.350 e. The highest BCUT2D eigenvalue weighted by molar-refractivity contribution is 7.13. The summed E-state index contributed by atoms with van der Waals surface area (Å²) in [7, 11) is 2.00. The van der Waals surface area contributed by atoms with Crippen LogP contribution in [-0.2, 0) is 13.5 Å². The van der Waals surface area contributed by atoms with Gasteiger partial charge in [-0.2, -0.15) is 0 Å². The fourth-order valence-electron chi connectivity index (χ4n) is 2.39. The maximum Gasteiger partial charge on any atom is 0.270 e. The van der Waals surface area contributed by atoms with Crippen LogP contribution in [0.1, 0.15) is 21.7 Å². The molecule has 3 rings (SSSR count). The van der Waals surface area contributed by atoms with Gasteiger partial charge in [0.15, 0.2) is 0 Å². The van der Waals surface area contributed by atoms with Gasteiger partial charge in [-0.25, -0.2) is 4.98 Å². The third kappa shape index (κ3) is 3.68. The van der Waals surface area contributed by atoms with E-state index in [0.717, 1.165) is 28.4 Å². The lowest BCUT2D eigenvalue weighted by molar-refractivity contribution is 0.0950. The van der Waals surface area contributed by atoms with E-state index in [4.69, 9.17) is 11.6 Å². The zero-order valence-corrected chi connectivity index (χ0v) is 15.1. The summed E-state index contributed by atoms with van der Waals surface area (Å²) < 4.78 is 2.07. The van der Waals surface area contributed by atoms with Crippen LogP contribution in [0.2, 0.25) is 5.02 Å². The molecule has 0 saturated carbocycles. The second kappa shape index (κ2) is 7.20. The number of nitrogens with zero attached hydrogens (tertiary/aromatic N) is 2. The van der Waals surface area contributed by atoms with Crippen LogP contribution < -0.4 is 5.32 Å². The number of amides is 1. The van der Waals surface area contributed by atoms with Gasteiger partial charge < -0.3 is 9.88 Å². The molecule has 0 aliphatic rings. The summed E-state index contributed by atoms with van der Waals surface area (Å²) in [5, 5.41) is 6.28. The van der Waals surface area contributed by atoms with Crippen LogP contribution in [0.5, 0.6) is 0 Å². The van der Waals surface area contributed by atoms with Crippen molar-refractivity contribution in [1.82, 2.24) is 14.9 Å². The second-order valence-corrected chi connectivity index (χ2v) is 6.88. The van der Waals surface area contributed by atoms with E-state index < -0.39 is 0 Å². The number of carbonyl (C=O) groups is 1. The van der Waals surface area contributed by atoms with Crippen molar-refractivity contribution in [2.45, 2.75) is 13.3 Å². The molecule has 124 valence electrons. The van der Waals surface area contributed by atoms with Crippen LogP contribution in [0, 0.1) is 6.92 Å². The van der Waals surface area contributed by atoms with Crippen LogP contribution in [0.25, 0.3) is 10.7 Å². The predicted octanol–water partition coefficient (Wildman–Crippen LogP) is 4.08. The van der Waals surface area contributed by atoms with Crippen LogP contribution in [0.15, 0.2) is 41.8 Å². The van der Waals surface area contributed by atoms with Crippen molar-refractivity contribution in [3.63, 3.8) is 0 Å².